The van der Waals surface area contributed by atoms with Gasteiger partial charge in [-0.1, -0.05) is 0 Å². The van der Waals surface area contributed by atoms with Crippen LogP contribution in [0.2, 0.25) is 0 Å². The molecule has 0 aliphatic carbocycles. The predicted molar refractivity (Wildman–Crippen MR) is 65.2 cm³/mol. The maximum Gasteiger partial charge on any atom is 0.305 e. The van der Waals surface area contributed by atoms with Crippen LogP contribution in [0.1, 0.15) is 16.2 Å². The van der Waals surface area contributed by atoms with Crippen molar-refractivity contribution in [2.24, 2.45) is 7.05 Å². The first-order valence-corrected chi connectivity index (χ1v) is 5.54. The first-order valence-electron chi connectivity index (χ1n) is 5.54. The summed E-state index contributed by atoms with van der Waals surface area (Å²) >= 11 is 0. The van der Waals surface area contributed by atoms with Crippen LogP contribution >= 0.6 is 0 Å². The summed E-state index contributed by atoms with van der Waals surface area (Å²) < 4.78 is 14.8. The SMILES string of the molecule is Cn1cnnc1CNC(=O)c1ccc(F)c([N+](=O)[O-])c1. The number of nitro groups is 1. The minimum absolute atomic E-state index is 0.000248. The summed E-state index contributed by atoms with van der Waals surface area (Å²) in [6, 6.07) is 2.95. The van der Waals surface area contributed by atoms with Crippen LogP contribution in [0.4, 0.5) is 10.1 Å². The Kier molecular flexibility index (Phi) is 3.69. The topological polar surface area (TPSA) is 103 Å². The number of halogens is 1. The Morgan fingerprint density at radius 2 is 2.30 bits per heavy atom. The van der Waals surface area contributed by atoms with E-state index in [1.807, 2.05) is 0 Å². The van der Waals surface area contributed by atoms with Crippen LogP contribution in [-0.4, -0.2) is 25.6 Å². The molecule has 20 heavy (non-hydrogen) atoms. The summed E-state index contributed by atoms with van der Waals surface area (Å²) in [4.78, 5) is 21.5. The average Bonchev–Trinajstić information content (AvgIpc) is 2.81. The highest BCUT2D eigenvalue weighted by molar-refractivity contribution is 5.94. The quantitative estimate of drug-likeness (QED) is 0.658. The molecule has 0 saturated heterocycles. The van der Waals surface area contributed by atoms with Gasteiger partial charge in [-0.3, -0.25) is 14.9 Å². The van der Waals surface area contributed by atoms with Gasteiger partial charge in [-0.15, -0.1) is 10.2 Å². The van der Waals surface area contributed by atoms with Crippen LogP contribution in [0.15, 0.2) is 24.5 Å². The molecule has 2 aromatic rings. The second-order valence-corrected chi connectivity index (χ2v) is 3.96. The molecule has 1 N–H and O–H groups in total. The van der Waals surface area contributed by atoms with Gasteiger partial charge in [0, 0.05) is 18.7 Å². The minimum atomic E-state index is -0.986. The fourth-order valence-electron chi connectivity index (χ4n) is 1.52. The molecule has 0 atom stereocenters. The van der Waals surface area contributed by atoms with Crippen molar-refractivity contribution in [2.45, 2.75) is 6.54 Å². The average molecular weight is 279 g/mol. The second kappa shape index (κ2) is 5.43. The van der Waals surface area contributed by atoms with E-state index in [2.05, 4.69) is 15.5 Å². The van der Waals surface area contributed by atoms with Crippen LogP contribution in [0.5, 0.6) is 0 Å². The number of nitrogens with zero attached hydrogens (tertiary/aromatic N) is 4. The Labute approximate surface area is 112 Å². The standard InChI is InChI=1S/C11H10FN5O3/c1-16-6-14-15-10(16)5-13-11(18)7-2-3-8(12)9(4-7)17(19)20/h2-4,6H,5H2,1H3,(H,13,18). The molecule has 0 fully saturated rings. The fourth-order valence-corrected chi connectivity index (χ4v) is 1.52. The lowest BCUT2D eigenvalue weighted by Crippen LogP contribution is -2.24. The summed E-state index contributed by atoms with van der Waals surface area (Å²) in [5, 5.41) is 20.5. The van der Waals surface area contributed by atoms with Crippen molar-refractivity contribution in [3.63, 3.8) is 0 Å². The highest BCUT2D eigenvalue weighted by Gasteiger charge is 2.17. The molecule has 1 aromatic carbocycles. The number of carbonyl (C=O) groups excluding carboxylic acids is 1. The van der Waals surface area contributed by atoms with E-state index in [4.69, 9.17) is 0 Å². The number of amides is 1. The Morgan fingerprint density at radius 3 is 2.90 bits per heavy atom. The Hall–Kier alpha value is -2.84. The molecule has 0 aliphatic rings. The lowest BCUT2D eigenvalue weighted by atomic mass is 10.2. The molecule has 104 valence electrons. The normalized spacial score (nSPS) is 10.3. The van der Waals surface area contributed by atoms with Crippen LogP contribution in [-0.2, 0) is 13.6 Å². The molecular weight excluding hydrogens is 269 g/mol. The lowest BCUT2D eigenvalue weighted by molar-refractivity contribution is -0.387. The van der Waals surface area contributed by atoms with E-state index in [0.717, 1.165) is 12.1 Å². The molecule has 0 spiro atoms. The van der Waals surface area contributed by atoms with Crippen molar-refractivity contribution in [1.29, 1.82) is 0 Å². The summed E-state index contributed by atoms with van der Waals surface area (Å²) in [6.45, 7) is 0.112. The van der Waals surface area contributed by atoms with Crippen molar-refractivity contribution >= 4 is 11.6 Å². The molecule has 0 unspecified atom stereocenters. The zero-order valence-electron chi connectivity index (χ0n) is 10.4. The van der Waals surface area contributed by atoms with Gasteiger partial charge < -0.3 is 9.88 Å². The summed E-state index contributed by atoms with van der Waals surface area (Å²) in [5.74, 6) is -1.02. The zero-order valence-corrected chi connectivity index (χ0v) is 10.4. The summed E-state index contributed by atoms with van der Waals surface area (Å²) in [7, 11) is 1.71. The number of nitro benzene ring substituents is 1. The van der Waals surface area contributed by atoms with Crippen molar-refractivity contribution in [3.8, 4) is 0 Å². The first kappa shape index (κ1) is 13.6. The molecule has 1 amide bonds. The van der Waals surface area contributed by atoms with Crippen molar-refractivity contribution < 1.29 is 14.1 Å². The first-order chi connectivity index (χ1) is 9.49. The Morgan fingerprint density at radius 1 is 1.55 bits per heavy atom. The van der Waals surface area contributed by atoms with E-state index in [0.29, 0.717) is 5.82 Å². The molecule has 1 heterocycles. The van der Waals surface area contributed by atoms with E-state index in [1.165, 1.54) is 12.4 Å². The number of nitrogens with one attached hydrogen (secondary N) is 1. The highest BCUT2D eigenvalue weighted by Crippen LogP contribution is 2.18. The van der Waals surface area contributed by atoms with E-state index >= 15 is 0 Å². The minimum Gasteiger partial charge on any atom is -0.345 e. The van der Waals surface area contributed by atoms with Crippen LogP contribution in [0.25, 0.3) is 0 Å². The summed E-state index contributed by atoms with van der Waals surface area (Å²) in [6.07, 6.45) is 1.48. The summed E-state index contributed by atoms with van der Waals surface area (Å²) in [5.41, 5.74) is -0.739. The highest BCUT2D eigenvalue weighted by atomic mass is 19.1. The molecule has 8 nitrogen and oxygen atoms in total. The molecule has 1 aromatic heterocycles. The van der Waals surface area contributed by atoms with Gasteiger partial charge in [0.1, 0.15) is 6.33 Å². The number of rotatable bonds is 4. The monoisotopic (exact) mass is 279 g/mol. The third-order valence-electron chi connectivity index (χ3n) is 2.62. The van der Waals surface area contributed by atoms with Gasteiger partial charge in [-0.25, -0.2) is 0 Å². The molecular formula is C11H10FN5O3. The zero-order chi connectivity index (χ0) is 14.7. The van der Waals surface area contributed by atoms with E-state index in [1.54, 1.807) is 11.6 Å². The molecule has 0 aliphatic heterocycles. The van der Waals surface area contributed by atoms with Crippen LogP contribution < -0.4 is 5.32 Å². The lowest BCUT2D eigenvalue weighted by Gasteiger charge is -2.05. The number of hydrogen-bond acceptors (Lipinski definition) is 5. The van der Waals surface area contributed by atoms with Crippen molar-refractivity contribution in [3.05, 3.63) is 51.8 Å². The smallest absolute Gasteiger partial charge is 0.305 e. The van der Waals surface area contributed by atoms with Gasteiger partial charge in [-0.2, -0.15) is 4.39 Å². The predicted octanol–water partition coefficient (Wildman–Crippen LogP) is 0.792. The van der Waals surface area contributed by atoms with Gasteiger partial charge in [0.2, 0.25) is 5.82 Å². The molecule has 9 heteroatoms. The van der Waals surface area contributed by atoms with Gasteiger partial charge in [-0.05, 0) is 12.1 Å². The number of benzene rings is 1. The van der Waals surface area contributed by atoms with E-state index < -0.39 is 22.3 Å². The van der Waals surface area contributed by atoms with Gasteiger partial charge >= 0.3 is 5.69 Å². The van der Waals surface area contributed by atoms with Gasteiger partial charge in [0.05, 0.1) is 11.5 Å². The number of carbonyl (C=O) groups is 1. The molecule has 0 bridgehead atoms. The molecule has 2 rings (SSSR count). The third-order valence-corrected chi connectivity index (χ3v) is 2.62. The van der Waals surface area contributed by atoms with Crippen molar-refractivity contribution in [2.75, 3.05) is 0 Å². The number of hydrogen-bond donors (Lipinski definition) is 1. The van der Waals surface area contributed by atoms with Gasteiger partial charge in [0.25, 0.3) is 5.91 Å². The Balaban J connectivity index is 2.12. The maximum atomic E-state index is 13.2. The Bertz CT molecular complexity index is 670. The van der Waals surface area contributed by atoms with Crippen LogP contribution in [0.3, 0.4) is 0 Å². The molecule has 0 saturated carbocycles. The van der Waals surface area contributed by atoms with Gasteiger partial charge in [0.15, 0.2) is 5.82 Å². The maximum absolute atomic E-state index is 13.2. The van der Waals surface area contributed by atoms with Crippen molar-refractivity contribution in [1.82, 2.24) is 20.1 Å². The van der Waals surface area contributed by atoms with E-state index in [-0.39, 0.29) is 12.1 Å². The largest absolute Gasteiger partial charge is 0.345 e. The second-order valence-electron chi connectivity index (χ2n) is 3.96. The third kappa shape index (κ3) is 2.76. The molecule has 0 radical (unpaired) electrons. The van der Waals surface area contributed by atoms with E-state index in [9.17, 15) is 19.3 Å². The van der Waals surface area contributed by atoms with Crippen LogP contribution in [0, 0.1) is 15.9 Å². The fraction of sp³-hybridized carbons (Fsp3) is 0.182. The number of aryl methyl sites for hydroxylation is 1. The number of aromatic nitrogens is 3.